The molecule has 2 heterocycles. The average Bonchev–Trinajstić information content (AvgIpc) is 3.08. The Kier molecular flexibility index (Phi) is 6.06. The molecular formula is C16H21N3O3S. The molecule has 0 spiro atoms. The van der Waals surface area contributed by atoms with Crippen LogP contribution in [0.2, 0.25) is 0 Å². The smallest absolute Gasteiger partial charge is 0.267 e. The first kappa shape index (κ1) is 17.4. The van der Waals surface area contributed by atoms with Crippen LogP contribution in [0.3, 0.4) is 0 Å². The summed E-state index contributed by atoms with van der Waals surface area (Å²) in [7, 11) is 0. The van der Waals surface area contributed by atoms with Crippen LogP contribution < -0.4 is 10.9 Å². The number of aliphatic hydroxyl groups is 1. The topological polar surface area (TPSA) is 84.2 Å². The molecule has 7 heteroatoms. The van der Waals surface area contributed by atoms with Gasteiger partial charge in [-0.05, 0) is 23.4 Å². The summed E-state index contributed by atoms with van der Waals surface area (Å²) in [6.45, 7) is 3.67. The molecule has 0 saturated heterocycles. The molecule has 0 unspecified atom stereocenters. The summed E-state index contributed by atoms with van der Waals surface area (Å²) < 4.78 is 1.15. The minimum absolute atomic E-state index is 0.127. The van der Waals surface area contributed by atoms with Gasteiger partial charge in [0.2, 0.25) is 5.91 Å². The molecule has 1 amide bonds. The van der Waals surface area contributed by atoms with Crippen molar-refractivity contribution in [3.8, 4) is 10.6 Å². The quantitative estimate of drug-likeness (QED) is 0.803. The molecule has 2 aromatic heterocycles. The zero-order chi connectivity index (χ0) is 16.8. The van der Waals surface area contributed by atoms with Gasteiger partial charge in [0.15, 0.2) is 0 Å². The summed E-state index contributed by atoms with van der Waals surface area (Å²) >= 11 is 1.52. The number of carbonyl (C=O) groups excluding carboxylic acids is 1. The average molecular weight is 335 g/mol. The first-order valence-electron chi connectivity index (χ1n) is 7.57. The lowest BCUT2D eigenvalue weighted by molar-refractivity contribution is -0.123. The van der Waals surface area contributed by atoms with Crippen molar-refractivity contribution in [3.63, 3.8) is 0 Å². The minimum atomic E-state index is -0.331. The van der Waals surface area contributed by atoms with E-state index in [4.69, 9.17) is 0 Å². The van der Waals surface area contributed by atoms with Gasteiger partial charge in [0.25, 0.3) is 5.56 Å². The predicted octanol–water partition coefficient (Wildman–Crippen LogP) is 1.49. The molecule has 2 aromatic rings. The molecule has 2 rings (SSSR count). The summed E-state index contributed by atoms with van der Waals surface area (Å²) in [6.07, 6.45) is 0.845. The van der Waals surface area contributed by atoms with E-state index < -0.39 is 0 Å². The Morgan fingerprint density at radius 2 is 2.22 bits per heavy atom. The van der Waals surface area contributed by atoms with Gasteiger partial charge in [-0.15, -0.1) is 11.3 Å². The summed E-state index contributed by atoms with van der Waals surface area (Å²) in [5.41, 5.74) is 0.331. The van der Waals surface area contributed by atoms with Gasteiger partial charge < -0.3 is 10.4 Å². The van der Waals surface area contributed by atoms with Gasteiger partial charge >= 0.3 is 0 Å². The predicted molar refractivity (Wildman–Crippen MR) is 90.3 cm³/mol. The van der Waals surface area contributed by atoms with E-state index in [1.807, 2.05) is 31.4 Å². The van der Waals surface area contributed by atoms with Crippen LogP contribution in [-0.2, 0) is 11.3 Å². The van der Waals surface area contributed by atoms with Crippen LogP contribution in [0, 0.1) is 5.92 Å². The highest BCUT2D eigenvalue weighted by Crippen LogP contribution is 2.21. The molecule has 0 aliphatic heterocycles. The molecular weight excluding hydrogens is 314 g/mol. The largest absolute Gasteiger partial charge is 0.394 e. The van der Waals surface area contributed by atoms with E-state index in [1.165, 1.54) is 17.4 Å². The number of aliphatic hydroxyl groups excluding tert-OH is 1. The normalized spacial score (nSPS) is 13.5. The summed E-state index contributed by atoms with van der Waals surface area (Å²) in [4.78, 5) is 25.0. The van der Waals surface area contributed by atoms with Crippen molar-refractivity contribution in [2.75, 3.05) is 6.61 Å². The fourth-order valence-electron chi connectivity index (χ4n) is 2.16. The molecule has 2 N–H and O–H groups in total. The Balaban J connectivity index is 2.11. The van der Waals surface area contributed by atoms with E-state index in [0.717, 1.165) is 16.0 Å². The van der Waals surface area contributed by atoms with E-state index in [1.54, 1.807) is 6.07 Å². The van der Waals surface area contributed by atoms with Gasteiger partial charge in [-0.3, -0.25) is 9.59 Å². The molecule has 0 aromatic carbocycles. The van der Waals surface area contributed by atoms with E-state index in [0.29, 0.717) is 5.69 Å². The Morgan fingerprint density at radius 1 is 1.43 bits per heavy atom. The first-order valence-corrected chi connectivity index (χ1v) is 8.45. The molecule has 0 saturated carbocycles. The van der Waals surface area contributed by atoms with Crippen LogP contribution in [0.15, 0.2) is 34.4 Å². The zero-order valence-electron chi connectivity index (χ0n) is 13.2. The van der Waals surface area contributed by atoms with Gasteiger partial charge in [-0.2, -0.15) is 5.10 Å². The van der Waals surface area contributed by atoms with Gasteiger partial charge in [0, 0.05) is 6.07 Å². The van der Waals surface area contributed by atoms with Crippen molar-refractivity contribution < 1.29 is 9.90 Å². The van der Waals surface area contributed by atoms with E-state index >= 15 is 0 Å². The first-order chi connectivity index (χ1) is 11.0. The molecule has 0 bridgehead atoms. The molecule has 0 fully saturated rings. The van der Waals surface area contributed by atoms with Crippen molar-refractivity contribution in [2.24, 2.45) is 5.92 Å². The maximum absolute atomic E-state index is 12.1. The number of hydrogen-bond donors (Lipinski definition) is 2. The monoisotopic (exact) mass is 335 g/mol. The fourth-order valence-corrected chi connectivity index (χ4v) is 2.85. The number of rotatable bonds is 7. The lowest BCUT2D eigenvalue weighted by Crippen LogP contribution is -2.44. The Labute approximate surface area is 138 Å². The Bertz CT molecular complexity index is 697. The molecule has 2 atom stereocenters. The molecule has 0 aliphatic carbocycles. The molecule has 0 radical (unpaired) electrons. The molecule has 124 valence electrons. The summed E-state index contributed by atoms with van der Waals surface area (Å²) in [5, 5.41) is 18.3. The van der Waals surface area contributed by atoms with Crippen LogP contribution in [0.25, 0.3) is 10.6 Å². The summed E-state index contributed by atoms with van der Waals surface area (Å²) in [6, 6.07) is 6.56. The number of thiophene rings is 1. The molecule has 0 aliphatic rings. The lowest BCUT2D eigenvalue weighted by Gasteiger charge is -2.22. The highest BCUT2D eigenvalue weighted by Gasteiger charge is 2.18. The summed E-state index contributed by atoms with van der Waals surface area (Å²) in [5.74, 6) is -0.173. The van der Waals surface area contributed by atoms with Crippen LogP contribution >= 0.6 is 11.3 Å². The third-order valence-corrected chi connectivity index (χ3v) is 4.70. The van der Waals surface area contributed by atoms with Gasteiger partial charge in [0.1, 0.15) is 12.2 Å². The second-order valence-corrected chi connectivity index (χ2v) is 6.38. The zero-order valence-corrected chi connectivity index (χ0v) is 14.0. The van der Waals surface area contributed by atoms with Crippen LogP contribution in [0.4, 0.5) is 0 Å². The lowest BCUT2D eigenvalue weighted by atomic mass is 10.00. The van der Waals surface area contributed by atoms with Crippen LogP contribution in [-0.4, -0.2) is 33.4 Å². The van der Waals surface area contributed by atoms with Crippen LogP contribution in [0.5, 0.6) is 0 Å². The Hall–Kier alpha value is -1.99. The van der Waals surface area contributed by atoms with Crippen molar-refractivity contribution in [1.29, 1.82) is 0 Å². The number of aromatic nitrogens is 2. The SMILES string of the molecule is CC[C@@H](C)[C@H](CO)NC(=O)Cn1nc(-c2cccs2)ccc1=O. The van der Waals surface area contributed by atoms with E-state index in [2.05, 4.69) is 10.4 Å². The van der Waals surface area contributed by atoms with E-state index in [9.17, 15) is 14.7 Å². The Morgan fingerprint density at radius 3 is 2.83 bits per heavy atom. The standard InChI is InChI=1S/C16H21N3O3S/c1-3-11(2)13(10-20)17-15(21)9-19-16(22)7-6-12(18-19)14-5-4-8-23-14/h4-8,11,13,20H,3,9-10H2,1-2H3,(H,17,21)/t11-,13+/m1/s1. The number of nitrogens with one attached hydrogen (secondary N) is 1. The fraction of sp³-hybridized carbons (Fsp3) is 0.438. The molecule has 6 nitrogen and oxygen atoms in total. The molecule has 23 heavy (non-hydrogen) atoms. The van der Waals surface area contributed by atoms with Crippen molar-refractivity contribution >= 4 is 17.2 Å². The number of hydrogen-bond acceptors (Lipinski definition) is 5. The van der Waals surface area contributed by atoms with Crippen molar-refractivity contribution in [1.82, 2.24) is 15.1 Å². The van der Waals surface area contributed by atoms with Crippen molar-refractivity contribution in [2.45, 2.75) is 32.9 Å². The van der Waals surface area contributed by atoms with Gasteiger partial charge in [0.05, 0.1) is 17.5 Å². The van der Waals surface area contributed by atoms with Gasteiger partial charge in [-0.25, -0.2) is 4.68 Å². The van der Waals surface area contributed by atoms with Crippen molar-refractivity contribution in [3.05, 3.63) is 40.0 Å². The van der Waals surface area contributed by atoms with Crippen LogP contribution in [0.1, 0.15) is 20.3 Å². The third kappa shape index (κ3) is 4.49. The van der Waals surface area contributed by atoms with Gasteiger partial charge in [-0.1, -0.05) is 26.3 Å². The third-order valence-electron chi connectivity index (χ3n) is 3.81. The number of carbonyl (C=O) groups is 1. The maximum Gasteiger partial charge on any atom is 0.267 e. The second-order valence-electron chi connectivity index (χ2n) is 5.43. The number of nitrogens with zero attached hydrogens (tertiary/aromatic N) is 2. The number of amides is 1. The highest BCUT2D eigenvalue weighted by molar-refractivity contribution is 7.13. The highest BCUT2D eigenvalue weighted by atomic mass is 32.1. The maximum atomic E-state index is 12.1. The second kappa shape index (κ2) is 8.03. The minimum Gasteiger partial charge on any atom is -0.394 e. The van der Waals surface area contributed by atoms with E-state index in [-0.39, 0.29) is 36.6 Å².